The van der Waals surface area contributed by atoms with Crippen molar-refractivity contribution in [2.45, 2.75) is 18.4 Å². The third kappa shape index (κ3) is 6.58. The molecular weight excluding hydrogens is 408 g/mol. The number of carbonyl (C=O) groups excluding carboxylic acids is 1. The van der Waals surface area contributed by atoms with E-state index in [4.69, 9.17) is 27.5 Å². The largest absolute Gasteiger partial charge is 0.503 e. The van der Waals surface area contributed by atoms with Gasteiger partial charge in [0, 0.05) is 39.0 Å². The second kappa shape index (κ2) is 12.8. The van der Waals surface area contributed by atoms with Gasteiger partial charge in [-0.15, -0.1) is 0 Å². The fraction of sp³-hybridized carbons (Fsp3) is 0.650. The fourth-order valence-electron chi connectivity index (χ4n) is 3.34. The number of hydrogen-bond acceptors (Lipinski definition) is 8. The number of carbonyl (C=O) groups is 1. The van der Waals surface area contributed by atoms with E-state index in [1.54, 1.807) is 33.5 Å². The van der Waals surface area contributed by atoms with Gasteiger partial charge in [0.25, 0.3) is 5.91 Å². The van der Waals surface area contributed by atoms with Gasteiger partial charge in [0.1, 0.15) is 0 Å². The number of benzene rings is 1. The topological polar surface area (TPSA) is 87.7 Å². The lowest BCUT2D eigenvalue weighted by molar-refractivity contribution is 0.0937. The standard InChI is InChI=1S/C20H36N2O7Si/c1-22(2)12-10-16(30(27-6,28-7)29-8)9-11-21-20(23)15-13-17(24-3)19(26-5)18(14-15)25-4/h13-14,16H,9-12H2,1-8H3,(H,21,23). The molecule has 1 rings (SSSR count). The smallest absolute Gasteiger partial charge is 0.493 e. The van der Waals surface area contributed by atoms with Crippen LogP contribution in [-0.2, 0) is 13.3 Å². The van der Waals surface area contributed by atoms with Gasteiger partial charge in [-0.3, -0.25) is 4.79 Å². The number of amides is 1. The summed E-state index contributed by atoms with van der Waals surface area (Å²) >= 11 is 0. The molecule has 9 nitrogen and oxygen atoms in total. The van der Waals surface area contributed by atoms with Crippen LogP contribution >= 0.6 is 0 Å². The number of rotatable bonds is 14. The molecule has 1 atom stereocenters. The summed E-state index contributed by atoms with van der Waals surface area (Å²) in [6, 6.07) is 3.25. The maximum atomic E-state index is 12.7. The number of methoxy groups -OCH3 is 3. The zero-order valence-corrected chi connectivity index (χ0v) is 20.4. The Morgan fingerprint density at radius 2 is 1.47 bits per heavy atom. The van der Waals surface area contributed by atoms with Crippen LogP contribution in [0.15, 0.2) is 12.1 Å². The molecule has 1 aromatic rings. The molecule has 30 heavy (non-hydrogen) atoms. The predicted octanol–water partition coefficient (Wildman–Crippen LogP) is 2.03. The summed E-state index contributed by atoms with van der Waals surface area (Å²) < 4.78 is 33.0. The highest BCUT2D eigenvalue weighted by atomic mass is 28.4. The first-order chi connectivity index (χ1) is 14.3. The van der Waals surface area contributed by atoms with E-state index in [-0.39, 0.29) is 11.4 Å². The van der Waals surface area contributed by atoms with Crippen LogP contribution in [0.5, 0.6) is 17.2 Å². The van der Waals surface area contributed by atoms with Crippen molar-refractivity contribution in [1.29, 1.82) is 0 Å². The van der Waals surface area contributed by atoms with E-state index in [0.717, 1.165) is 13.0 Å². The van der Waals surface area contributed by atoms with E-state index in [1.165, 1.54) is 21.3 Å². The Morgan fingerprint density at radius 3 is 1.87 bits per heavy atom. The van der Waals surface area contributed by atoms with Crippen LogP contribution < -0.4 is 19.5 Å². The van der Waals surface area contributed by atoms with Gasteiger partial charge in [-0.25, -0.2) is 0 Å². The SMILES string of the molecule is COc1cc(C(=O)NCCC(CCN(C)C)[Si](OC)(OC)OC)cc(OC)c1OC. The van der Waals surface area contributed by atoms with Gasteiger partial charge >= 0.3 is 8.80 Å². The average Bonchev–Trinajstić information content (AvgIpc) is 2.76. The van der Waals surface area contributed by atoms with Crippen molar-refractivity contribution in [2.75, 3.05) is 69.8 Å². The van der Waals surface area contributed by atoms with E-state index >= 15 is 0 Å². The predicted molar refractivity (Wildman–Crippen MR) is 117 cm³/mol. The number of ether oxygens (including phenoxy) is 3. The summed E-state index contributed by atoms with van der Waals surface area (Å²) in [6.07, 6.45) is 1.49. The van der Waals surface area contributed by atoms with Crippen molar-refractivity contribution < 1.29 is 32.3 Å². The summed E-state index contributed by atoms with van der Waals surface area (Å²) in [5.74, 6) is 1.06. The maximum absolute atomic E-state index is 12.7. The molecule has 0 fully saturated rings. The van der Waals surface area contributed by atoms with Crippen LogP contribution in [0.4, 0.5) is 0 Å². The van der Waals surface area contributed by atoms with Crippen LogP contribution in [0.1, 0.15) is 23.2 Å². The lowest BCUT2D eigenvalue weighted by Crippen LogP contribution is -2.49. The van der Waals surface area contributed by atoms with Gasteiger partial charge in [0.05, 0.1) is 21.3 Å². The van der Waals surface area contributed by atoms with Crippen molar-refractivity contribution in [3.05, 3.63) is 17.7 Å². The highest BCUT2D eigenvalue weighted by molar-refractivity contribution is 6.62. The average molecular weight is 445 g/mol. The molecule has 0 aliphatic carbocycles. The molecule has 0 heterocycles. The molecule has 172 valence electrons. The number of nitrogens with one attached hydrogen (secondary N) is 1. The molecule has 0 bridgehead atoms. The number of hydrogen-bond donors (Lipinski definition) is 1. The van der Waals surface area contributed by atoms with E-state index in [0.29, 0.717) is 35.8 Å². The second-order valence-corrected chi connectivity index (χ2v) is 10.2. The summed E-state index contributed by atoms with van der Waals surface area (Å²) in [4.78, 5) is 14.8. The van der Waals surface area contributed by atoms with Gasteiger partial charge in [-0.2, -0.15) is 0 Å². The van der Waals surface area contributed by atoms with E-state index < -0.39 is 8.80 Å². The molecule has 10 heteroatoms. The van der Waals surface area contributed by atoms with Crippen LogP contribution in [0, 0.1) is 0 Å². The molecule has 1 amide bonds. The van der Waals surface area contributed by atoms with Crippen LogP contribution in [0.2, 0.25) is 5.54 Å². The van der Waals surface area contributed by atoms with Crippen molar-refractivity contribution in [3.8, 4) is 17.2 Å². The Morgan fingerprint density at radius 1 is 0.933 bits per heavy atom. The van der Waals surface area contributed by atoms with Gasteiger partial charge < -0.3 is 37.7 Å². The Kier molecular flexibility index (Phi) is 11.1. The summed E-state index contributed by atoms with van der Waals surface area (Å²) in [5, 5.41) is 2.95. The van der Waals surface area contributed by atoms with Crippen LogP contribution in [0.25, 0.3) is 0 Å². The second-order valence-electron chi connectivity index (χ2n) is 6.96. The molecule has 0 saturated heterocycles. The first kappa shape index (κ1) is 26.2. The highest BCUT2D eigenvalue weighted by Crippen LogP contribution is 2.38. The molecular formula is C20H36N2O7Si. The van der Waals surface area contributed by atoms with E-state index in [1.807, 2.05) is 14.1 Å². The monoisotopic (exact) mass is 444 g/mol. The normalized spacial score (nSPS) is 12.6. The van der Waals surface area contributed by atoms with Gasteiger partial charge in [-0.05, 0) is 45.6 Å². The molecule has 0 spiro atoms. The third-order valence-corrected chi connectivity index (χ3v) is 8.27. The van der Waals surface area contributed by atoms with E-state index in [2.05, 4.69) is 10.2 Å². The fourth-order valence-corrected chi connectivity index (χ4v) is 5.82. The van der Waals surface area contributed by atoms with Crippen LogP contribution in [0.3, 0.4) is 0 Å². The zero-order valence-electron chi connectivity index (χ0n) is 19.4. The molecule has 0 radical (unpaired) electrons. The summed E-state index contributed by atoms with van der Waals surface area (Å²) in [5.41, 5.74) is 0.461. The van der Waals surface area contributed by atoms with Crippen molar-refractivity contribution in [1.82, 2.24) is 10.2 Å². The molecule has 0 saturated carbocycles. The van der Waals surface area contributed by atoms with Crippen molar-refractivity contribution in [3.63, 3.8) is 0 Å². The lowest BCUT2D eigenvalue weighted by atomic mass is 10.1. The number of nitrogens with zero attached hydrogens (tertiary/aromatic N) is 1. The Hall–Kier alpha value is -1.85. The van der Waals surface area contributed by atoms with Crippen molar-refractivity contribution in [2.24, 2.45) is 0 Å². The zero-order chi connectivity index (χ0) is 22.7. The molecule has 1 N–H and O–H groups in total. The quantitative estimate of drug-likeness (QED) is 0.436. The van der Waals surface area contributed by atoms with Gasteiger partial charge in [0.2, 0.25) is 5.75 Å². The molecule has 0 aromatic heterocycles. The maximum Gasteiger partial charge on any atom is 0.503 e. The van der Waals surface area contributed by atoms with Gasteiger partial charge in [0.15, 0.2) is 11.5 Å². The Balaban J connectivity index is 2.91. The molecule has 0 aliphatic heterocycles. The Labute approximate surface area is 180 Å². The first-order valence-electron chi connectivity index (χ1n) is 9.70. The minimum Gasteiger partial charge on any atom is -0.493 e. The third-order valence-electron chi connectivity index (χ3n) is 4.98. The molecule has 1 unspecified atom stereocenters. The van der Waals surface area contributed by atoms with Crippen LogP contribution in [-0.4, -0.2) is 89.5 Å². The first-order valence-corrected chi connectivity index (χ1v) is 11.5. The van der Waals surface area contributed by atoms with E-state index in [9.17, 15) is 4.79 Å². The minimum absolute atomic E-state index is 0.0418. The minimum atomic E-state index is -2.84. The Bertz CT molecular complexity index is 635. The summed E-state index contributed by atoms with van der Waals surface area (Å²) in [6.45, 7) is 1.30. The lowest BCUT2D eigenvalue weighted by Gasteiger charge is -2.33. The highest BCUT2D eigenvalue weighted by Gasteiger charge is 2.46. The van der Waals surface area contributed by atoms with Crippen molar-refractivity contribution >= 4 is 14.7 Å². The molecule has 1 aromatic carbocycles. The molecule has 0 aliphatic rings. The van der Waals surface area contributed by atoms with Gasteiger partial charge in [-0.1, -0.05) is 0 Å². The summed E-state index contributed by atoms with van der Waals surface area (Å²) in [7, 11) is 10.6.